The van der Waals surface area contributed by atoms with Gasteiger partial charge in [-0.3, -0.25) is 0 Å². The molecule has 0 unspecified atom stereocenters. The van der Waals surface area contributed by atoms with Crippen molar-refractivity contribution in [2.24, 2.45) is 11.1 Å². The molecule has 1 heterocycles. The van der Waals surface area contributed by atoms with E-state index in [1.165, 1.54) is 7.11 Å². The molecule has 0 aromatic heterocycles. The van der Waals surface area contributed by atoms with Crippen molar-refractivity contribution in [2.75, 3.05) is 14.2 Å². The smallest absolute Gasteiger partial charge is 0.205 e. The number of benzene rings is 1. The van der Waals surface area contributed by atoms with E-state index in [1.807, 2.05) is 20.8 Å². The first kappa shape index (κ1) is 18.2. The van der Waals surface area contributed by atoms with Crippen molar-refractivity contribution >= 4 is 0 Å². The van der Waals surface area contributed by atoms with Crippen LogP contribution in [0.5, 0.6) is 11.5 Å². The molecule has 6 nitrogen and oxygen atoms in total. The van der Waals surface area contributed by atoms with Crippen LogP contribution in [0.2, 0.25) is 0 Å². The molecule has 0 saturated carbocycles. The van der Waals surface area contributed by atoms with E-state index in [1.54, 1.807) is 25.3 Å². The van der Waals surface area contributed by atoms with Crippen molar-refractivity contribution < 1.29 is 14.2 Å². The van der Waals surface area contributed by atoms with Crippen LogP contribution in [-0.4, -0.2) is 14.2 Å². The second kappa shape index (κ2) is 6.78. The van der Waals surface area contributed by atoms with Gasteiger partial charge in [-0.1, -0.05) is 26.8 Å². The zero-order valence-electron chi connectivity index (χ0n) is 15.0. The minimum Gasteiger partial charge on any atom is -0.493 e. The number of rotatable bonds is 3. The summed E-state index contributed by atoms with van der Waals surface area (Å²) in [5.41, 5.74) is 6.82. The highest BCUT2D eigenvalue weighted by Gasteiger charge is 2.37. The van der Waals surface area contributed by atoms with Gasteiger partial charge in [0.2, 0.25) is 5.88 Å². The van der Waals surface area contributed by atoms with Crippen molar-refractivity contribution in [3.63, 3.8) is 0 Å². The topological polar surface area (TPSA) is 101 Å². The maximum absolute atomic E-state index is 9.77. The minimum atomic E-state index is -0.613. The lowest BCUT2D eigenvalue weighted by atomic mass is 9.79. The van der Waals surface area contributed by atoms with Crippen molar-refractivity contribution in [3.05, 3.63) is 46.6 Å². The maximum Gasteiger partial charge on any atom is 0.205 e. The van der Waals surface area contributed by atoms with Gasteiger partial charge in [0.05, 0.1) is 31.8 Å². The number of hydrogen-bond acceptors (Lipinski definition) is 6. The molecule has 1 aliphatic rings. The Morgan fingerprint density at radius 1 is 1.04 bits per heavy atom. The summed E-state index contributed by atoms with van der Waals surface area (Å²) >= 11 is 0. The lowest BCUT2D eigenvalue weighted by molar-refractivity contribution is 0.199. The number of allylic oxidation sites excluding steroid dienone is 3. The summed E-state index contributed by atoms with van der Waals surface area (Å²) in [7, 11) is 3.07. The zero-order valence-corrected chi connectivity index (χ0v) is 15.0. The molecule has 6 heteroatoms. The average molecular weight is 339 g/mol. The Bertz CT molecular complexity index is 833. The van der Waals surface area contributed by atoms with Crippen LogP contribution >= 0.6 is 0 Å². The van der Waals surface area contributed by atoms with Crippen LogP contribution in [0.3, 0.4) is 0 Å². The van der Waals surface area contributed by atoms with Crippen LogP contribution in [0.15, 0.2) is 41.0 Å². The molecule has 2 N–H and O–H groups in total. The summed E-state index contributed by atoms with van der Waals surface area (Å²) in [6.45, 7) is 5.78. The van der Waals surface area contributed by atoms with Crippen LogP contribution in [0.1, 0.15) is 32.3 Å². The van der Waals surface area contributed by atoms with Crippen molar-refractivity contribution in [1.82, 2.24) is 0 Å². The van der Waals surface area contributed by atoms with E-state index in [0.717, 1.165) is 0 Å². The summed E-state index contributed by atoms with van der Waals surface area (Å²) in [6, 6.07) is 9.55. The molecule has 0 spiro atoms. The highest BCUT2D eigenvalue weighted by atomic mass is 16.5. The van der Waals surface area contributed by atoms with Gasteiger partial charge in [-0.05, 0) is 17.7 Å². The van der Waals surface area contributed by atoms with Crippen molar-refractivity contribution in [2.45, 2.75) is 26.7 Å². The summed E-state index contributed by atoms with van der Waals surface area (Å²) in [6.07, 6.45) is 0. The SMILES string of the molecule is COc1ccc([C@H]2C(C#N)=C(N)OC(C(C)(C)C)=C2C#N)cc1OC. The van der Waals surface area contributed by atoms with Gasteiger partial charge in [0, 0.05) is 5.41 Å². The molecule has 0 amide bonds. The molecular formula is C19H21N3O3. The van der Waals surface area contributed by atoms with E-state index >= 15 is 0 Å². The first-order valence-corrected chi connectivity index (χ1v) is 7.72. The van der Waals surface area contributed by atoms with Gasteiger partial charge in [-0.2, -0.15) is 10.5 Å². The Hall–Kier alpha value is -3.12. The largest absolute Gasteiger partial charge is 0.493 e. The van der Waals surface area contributed by atoms with Crippen molar-refractivity contribution in [3.8, 4) is 23.6 Å². The zero-order chi connectivity index (χ0) is 18.8. The third kappa shape index (κ3) is 3.25. The van der Waals surface area contributed by atoms with Gasteiger partial charge in [-0.15, -0.1) is 0 Å². The molecule has 0 saturated heterocycles. The molecule has 1 aromatic rings. The Kier molecular flexibility index (Phi) is 4.94. The molecule has 0 radical (unpaired) electrons. The predicted octanol–water partition coefficient (Wildman–Crippen LogP) is 3.34. The average Bonchev–Trinajstić information content (AvgIpc) is 2.59. The molecule has 0 fully saturated rings. The first-order chi connectivity index (χ1) is 11.8. The number of hydrogen-bond donors (Lipinski definition) is 1. The normalized spacial score (nSPS) is 17.5. The quantitative estimate of drug-likeness (QED) is 0.906. The fourth-order valence-corrected chi connectivity index (χ4v) is 2.80. The second-order valence-corrected chi connectivity index (χ2v) is 6.64. The summed E-state index contributed by atoms with van der Waals surface area (Å²) < 4.78 is 16.2. The maximum atomic E-state index is 9.77. The fourth-order valence-electron chi connectivity index (χ4n) is 2.80. The number of nitrogens with two attached hydrogens (primary N) is 1. The van der Waals surface area contributed by atoms with E-state index in [2.05, 4.69) is 12.1 Å². The summed E-state index contributed by atoms with van der Waals surface area (Å²) in [4.78, 5) is 0. The number of ether oxygens (including phenoxy) is 3. The Morgan fingerprint density at radius 2 is 1.64 bits per heavy atom. The van der Waals surface area contributed by atoms with Gasteiger partial charge in [0.25, 0.3) is 0 Å². The Balaban J connectivity index is 2.73. The molecule has 0 aliphatic carbocycles. The molecule has 0 bridgehead atoms. The molecule has 1 atom stereocenters. The van der Waals surface area contributed by atoms with Gasteiger partial charge in [0.15, 0.2) is 11.5 Å². The highest BCUT2D eigenvalue weighted by Crippen LogP contribution is 2.45. The molecule has 2 rings (SSSR count). The van der Waals surface area contributed by atoms with Gasteiger partial charge >= 0.3 is 0 Å². The lowest BCUT2D eigenvalue weighted by Gasteiger charge is -2.32. The number of methoxy groups -OCH3 is 2. The van der Waals surface area contributed by atoms with E-state index in [-0.39, 0.29) is 11.5 Å². The summed E-state index contributed by atoms with van der Waals surface area (Å²) in [5, 5.41) is 19.3. The van der Waals surface area contributed by atoms with E-state index in [0.29, 0.717) is 28.4 Å². The van der Waals surface area contributed by atoms with Gasteiger partial charge in [-0.25, -0.2) is 0 Å². The molecule has 25 heavy (non-hydrogen) atoms. The van der Waals surface area contributed by atoms with E-state index < -0.39 is 11.3 Å². The molecule has 130 valence electrons. The van der Waals surface area contributed by atoms with Gasteiger partial charge in [0.1, 0.15) is 17.4 Å². The second-order valence-electron chi connectivity index (χ2n) is 6.64. The van der Waals surface area contributed by atoms with E-state index in [9.17, 15) is 10.5 Å². The Morgan fingerprint density at radius 3 is 2.12 bits per heavy atom. The number of nitriles is 2. The standard InChI is InChI=1S/C19H21N3O3/c1-19(2,3)17-12(9-20)16(13(10-21)18(22)25-17)11-6-7-14(23-4)15(8-11)24-5/h6-8,16H,22H2,1-5H3/t16-/m1/s1. The van der Waals surface area contributed by atoms with Gasteiger partial charge < -0.3 is 19.9 Å². The summed E-state index contributed by atoms with van der Waals surface area (Å²) in [5.74, 6) is 0.944. The first-order valence-electron chi connectivity index (χ1n) is 7.72. The predicted molar refractivity (Wildman–Crippen MR) is 92.3 cm³/mol. The van der Waals surface area contributed by atoms with E-state index in [4.69, 9.17) is 19.9 Å². The fraction of sp³-hybridized carbons (Fsp3) is 0.368. The minimum absolute atomic E-state index is 0.0196. The van der Waals surface area contributed by atoms with Crippen molar-refractivity contribution in [1.29, 1.82) is 10.5 Å². The van der Waals surface area contributed by atoms with Crippen LogP contribution in [0.4, 0.5) is 0 Å². The molecular weight excluding hydrogens is 318 g/mol. The third-order valence-corrected chi connectivity index (χ3v) is 3.96. The van der Waals surface area contributed by atoms with Crippen LogP contribution in [0.25, 0.3) is 0 Å². The van der Waals surface area contributed by atoms with Crippen LogP contribution in [0, 0.1) is 28.1 Å². The Labute approximate surface area is 147 Å². The van der Waals surface area contributed by atoms with Crippen LogP contribution in [-0.2, 0) is 4.74 Å². The molecule has 1 aliphatic heterocycles. The highest BCUT2D eigenvalue weighted by molar-refractivity contribution is 5.56. The third-order valence-electron chi connectivity index (χ3n) is 3.96. The molecule has 1 aromatic carbocycles. The van der Waals surface area contributed by atoms with Crippen LogP contribution < -0.4 is 15.2 Å². The number of nitrogens with zero attached hydrogens (tertiary/aromatic N) is 2. The lowest BCUT2D eigenvalue weighted by Crippen LogP contribution is -2.26. The monoisotopic (exact) mass is 339 g/mol.